The summed E-state index contributed by atoms with van der Waals surface area (Å²) in [6, 6.07) is 12.9. The average Bonchev–Trinajstić information content (AvgIpc) is 2.93. The number of hydrogen-bond donors (Lipinski definition) is 2. The van der Waals surface area contributed by atoms with Gasteiger partial charge < -0.3 is 15.0 Å². The van der Waals surface area contributed by atoms with E-state index in [1.165, 1.54) is 28.8 Å². The molecule has 3 aromatic rings. The number of methoxy groups -OCH3 is 1. The smallest absolute Gasteiger partial charge is 0.123 e. The molecule has 0 saturated carbocycles. The summed E-state index contributed by atoms with van der Waals surface area (Å²) in [5.41, 5.74) is 4.67. The van der Waals surface area contributed by atoms with E-state index in [0.717, 1.165) is 29.8 Å². The molecule has 0 aliphatic carbocycles. The van der Waals surface area contributed by atoms with E-state index < -0.39 is 0 Å². The van der Waals surface area contributed by atoms with Crippen molar-refractivity contribution in [1.82, 2.24) is 10.3 Å². The van der Waals surface area contributed by atoms with Gasteiger partial charge in [0.1, 0.15) is 11.6 Å². The molecule has 4 heteroatoms. The van der Waals surface area contributed by atoms with Crippen LogP contribution in [0.5, 0.6) is 5.75 Å². The van der Waals surface area contributed by atoms with Gasteiger partial charge in [-0.25, -0.2) is 4.39 Å². The van der Waals surface area contributed by atoms with Gasteiger partial charge >= 0.3 is 0 Å². The van der Waals surface area contributed by atoms with Gasteiger partial charge in [-0.3, -0.25) is 0 Å². The maximum Gasteiger partial charge on any atom is 0.123 e. The Morgan fingerprint density at radius 2 is 1.95 bits per heavy atom. The summed E-state index contributed by atoms with van der Waals surface area (Å²) >= 11 is 0. The van der Waals surface area contributed by atoms with E-state index in [2.05, 4.69) is 16.4 Å². The van der Waals surface area contributed by atoms with Crippen molar-refractivity contribution >= 4 is 10.9 Å². The van der Waals surface area contributed by atoms with Gasteiger partial charge in [-0.1, -0.05) is 12.1 Å². The summed E-state index contributed by atoms with van der Waals surface area (Å²) in [5.74, 6) is 0.660. The van der Waals surface area contributed by atoms with Gasteiger partial charge in [-0.15, -0.1) is 0 Å². The molecule has 0 fully saturated rings. The molecular weight excluding hydrogens is 279 g/mol. The first-order chi connectivity index (χ1) is 10.8. The zero-order valence-corrected chi connectivity index (χ0v) is 12.3. The van der Waals surface area contributed by atoms with E-state index in [1.54, 1.807) is 7.11 Å². The average molecular weight is 296 g/mol. The van der Waals surface area contributed by atoms with E-state index in [4.69, 9.17) is 4.74 Å². The molecule has 0 amide bonds. The summed E-state index contributed by atoms with van der Waals surface area (Å²) in [7, 11) is 1.68. The van der Waals surface area contributed by atoms with Gasteiger partial charge in [-0.05, 0) is 47.9 Å². The van der Waals surface area contributed by atoms with Crippen LogP contribution in [0.1, 0.15) is 22.9 Å². The van der Waals surface area contributed by atoms with Crippen molar-refractivity contribution < 1.29 is 9.13 Å². The van der Waals surface area contributed by atoms with Crippen molar-refractivity contribution in [3.8, 4) is 5.75 Å². The van der Waals surface area contributed by atoms with Crippen molar-refractivity contribution in [2.75, 3.05) is 13.7 Å². The lowest BCUT2D eigenvalue weighted by atomic mass is 9.94. The fourth-order valence-corrected chi connectivity index (χ4v) is 3.27. The first kappa shape index (κ1) is 13.3. The largest absolute Gasteiger partial charge is 0.497 e. The second-order valence-corrected chi connectivity index (χ2v) is 5.62. The standard InChI is InChI=1S/C18H17FN2O/c1-22-13-6-7-16-15(10-13)14-8-9-20-17(18(14)21-16)11-2-4-12(19)5-3-11/h2-7,10,17,20-21H,8-9H2,1H3. The molecule has 3 nitrogen and oxygen atoms in total. The molecule has 0 saturated heterocycles. The summed E-state index contributed by atoms with van der Waals surface area (Å²) < 4.78 is 18.5. The van der Waals surface area contributed by atoms with Crippen LogP contribution >= 0.6 is 0 Å². The number of benzene rings is 2. The normalized spacial score (nSPS) is 17.5. The molecule has 4 rings (SSSR count). The Hall–Kier alpha value is -2.33. The Morgan fingerprint density at radius 3 is 2.73 bits per heavy atom. The highest BCUT2D eigenvalue weighted by molar-refractivity contribution is 5.86. The van der Waals surface area contributed by atoms with Crippen molar-refractivity contribution in [3.63, 3.8) is 0 Å². The van der Waals surface area contributed by atoms with Crippen LogP contribution in [0.25, 0.3) is 10.9 Å². The number of aromatic nitrogens is 1. The first-order valence-corrected chi connectivity index (χ1v) is 7.43. The molecule has 0 spiro atoms. The Labute approximate surface area is 128 Å². The van der Waals surface area contributed by atoms with Gasteiger partial charge in [-0.2, -0.15) is 0 Å². The van der Waals surface area contributed by atoms with E-state index in [1.807, 2.05) is 24.3 Å². The predicted octanol–water partition coefficient (Wildman–Crippen LogP) is 3.55. The maximum absolute atomic E-state index is 13.2. The number of rotatable bonds is 2. The third kappa shape index (κ3) is 2.07. The Balaban J connectivity index is 1.85. The Kier molecular flexibility index (Phi) is 3.12. The molecule has 112 valence electrons. The first-order valence-electron chi connectivity index (χ1n) is 7.43. The number of nitrogens with one attached hydrogen (secondary N) is 2. The van der Waals surface area contributed by atoms with Crippen LogP contribution < -0.4 is 10.1 Å². The van der Waals surface area contributed by atoms with Gasteiger partial charge in [0, 0.05) is 23.1 Å². The lowest BCUT2D eigenvalue weighted by Crippen LogP contribution is -2.30. The van der Waals surface area contributed by atoms with E-state index in [-0.39, 0.29) is 11.9 Å². The van der Waals surface area contributed by atoms with Crippen molar-refractivity contribution in [3.05, 3.63) is 65.1 Å². The van der Waals surface area contributed by atoms with Crippen LogP contribution in [0.2, 0.25) is 0 Å². The van der Waals surface area contributed by atoms with Crippen LogP contribution in [0.15, 0.2) is 42.5 Å². The fourth-order valence-electron chi connectivity index (χ4n) is 3.27. The SMILES string of the molecule is COc1ccc2[nH]c3c(c2c1)CCNC3c1ccc(F)cc1. The molecule has 22 heavy (non-hydrogen) atoms. The summed E-state index contributed by atoms with van der Waals surface area (Å²) in [6.45, 7) is 0.902. The zero-order valence-electron chi connectivity index (χ0n) is 12.3. The molecule has 1 atom stereocenters. The predicted molar refractivity (Wildman–Crippen MR) is 84.8 cm³/mol. The van der Waals surface area contributed by atoms with Crippen LogP contribution in [-0.2, 0) is 6.42 Å². The molecule has 2 N–H and O–H groups in total. The molecule has 1 aliphatic heterocycles. The molecule has 1 unspecified atom stereocenters. The second-order valence-electron chi connectivity index (χ2n) is 5.62. The van der Waals surface area contributed by atoms with E-state index in [0.29, 0.717) is 0 Å². The van der Waals surface area contributed by atoms with Gasteiger partial charge in [0.05, 0.1) is 13.2 Å². The van der Waals surface area contributed by atoms with Gasteiger partial charge in [0.2, 0.25) is 0 Å². The third-order valence-electron chi connectivity index (χ3n) is 4.36. The summed E-state index contributed by atoms with van der Waals surface area (Å²) in [5, 5.41) is 4.73. The lowest BCUT2D eigenvalue weighted by molar-refractivity contribution is 0.415. The number of aromatic amines is 1. The molecule has 1 aliphatic rings. The van der Waals surface area contributed by atoms with E-state index in [9.17, 15) is 4.39 Å². The Bertz CT molecular complexity index is 823. The molecule has 2 aromatic carbocycles. The van der Waals surface area contributed by atoms with Gasteiger partial charge in [0.25, 0.3) is 0 Å². The van der Waals surface area contributed by atoms with Crippen molar-refractivity contribution in [2.24, 2.45) is 0 Å². The van der Waals surface area contributed by atoms with Crippen LogP contribution in [0.4, 0.5) is 4.39 Å². The number of fused-ring (bicyclic) bond motifs is 3. The van der Waals surface area contributed by atoms with Crippen LogP contribution in [0.3, 0.4) is 0 Å². The van der Waals surface area contributed by atoms with E-state index >= 15 is 0 Å². The maximum atomic E-state index is 13.2. The fraction of sp³-hybridized carbons (Fsp3) is 0.222. The number of ether oxygens (including phenoxy) is 1. The zero-order chi connectivity index (χ0) is 15.1. The molecule has 2 heterocycles. The summed E-state index contributed by atoms with van der Waals surface area (Å²) in [6.07, 6.45) is 0.972. The number of halogens is 1. The minimum absolute atomic E-state index is 0.0720. The van der Waals surface area contributed by atoms with Crippen LogP contribution in [0, 0.1) is 5.82 Å². The topological polar surface area (TPSA) is 37.0 Å². The third-order valence-corrected chi connectivity index (χ3v) is 4.36. The minimum atomic E-state index is -0.207. The monoisotopic (exact) mass is 296 g/mol. The van der Waals surface area contributed by atoms with Crippen molar-refractivity contribution in [2.45, 2.75) is 12.5 Å². The summed E-state index contributed by atoms with van der Waals surface area (Å²) in [4.78, 5) is 3.52. The van der Waals surface area contributed by atoms with Gasteiger partial charge in [0.15, 0.2) is 0 Å². The highest BCUT2D eigenvalue weighted by Crippen LogP contribution is 2.34. The molecular formula is C18H17FN2O. The highest BCUT2D eigenvalue weighted by Gasteiger charge is 2.25. The molecule has 0 radical (unpaired) electrons. The minimum Gasteiger partial charge on any atom is -0.497 e. The lowest BCUT2D eigenvalue weighted by Gasteiger charge is -2.24. The molecule has 1 aromatic heterocycles. The van der Waals surface area contributed by atoms with Crippen LogP contribution in [-0.4, -0.2) is 18.6 Å². The quantitative estimate of drug-likeness (QED) is 0.759. The van der Waals surface area contributed by atoms with Crippen molar-refractivity contribution in [1.29, 1.82) is 0 Å². The number of H-pyrrole nitrogens is 1. The Morgan fingerprint density at radius 1 is 1.14 bits per heavy atom. The number of hydrogen-bond acceptors (Lipinski definition) is 2. The molecule has 0 bridgehead atoms. The highest BCUT2D eigenvalue weighted by atomic mass is 19.1. The second kappa shape index (κ2) is 5.14.